The number of rotatable bonds is 5. The maximum atomic E-state index is 11.8. The largest absolute Gasteiger partial charge is 0.342 e. The Kier molecular flexibility index (Phi) is 5.77. The summed E-state index contributed by atoms with van der Waals surface area (Å²) in [6.45, 7) is 8.19. The van der Waals surface area contributed by atoms with Crippen molar-refractivity contribution in [2.45, 2.75) is 26.7 Å². The van der Waals surface area contributed by atoms with E-state index in [0.29, 0.717) is 18.4 Å². The Bertz CT molecular complexity index is 210. The normalized spacial score (nSPS) is 18.1. The first kappa shape index (κ1) is 13.5. The minimum Gasteiger partial charge on any atom is -0.342 e. The molecule has 4 nitrogen and oxygen atoms in total. The summed E-state index contributed by atoms with van der Waals surface area (Å²) in [6.07, 6.45) is 2.12. The highest BCUT2D eigenvalue weighted by molar-refractivity contribution is 5.78. The molecule has 1 amide bonds. The summed E-state index contributed by atoms with van der Waals surface area (Å²) < 4.78 is 0. The minimum atomic E-state index is 0.233. The van der Waals surface area contributed by atoms with E-state index in [9.17, 15) is 4.79 Å². The first-order chi connectivity index (χ1) is 7.63. The molecule has 1 heterocycles. The van der Waals surface area contributed by atoms with E-state index in [-0.39, 0.29) is 5.91 Å². The average molecular weight is 227 g/mol. The third kappa shape index (κ3) is 4.49. The number of nitrogens with zero attached hydrogens (tertiary/aromatic N) is 1. The number of piperidine rings is 1. The van der Waals surface area contributed by atoms with Gasteiger partial charge in [0.15, 0.2) is 0 Å². The molecular formula is C12H25N3O. The molecule has 0 aromatic rings. The average Bonchev–Trinajstić information content (AvgIpc) is 2.28. The van der Waals surface area contributed by atoms with E-state index < -0.39 is 0 Å². The van der Waals surface area contributed by atoms with Gasteiger partial charge >= 0.3 is 0 Å². The van der Waals surface area contributed by atoms with Gasteiger partial charge in [0.05, 0.1) is 6.54 Å². The highest BCUT2D eigenvalue weighted by Gasteiger charge is 2.21. The second kappa shape index (κ2) is 6.86. The van der Waals surface area contributed by atoms with Crippen LogP contribution in [0.2, 0.25) is 0 Å². The topological polar surface area (TPSA) is 58.4 Å². The molecule has 1 aliphatic heterocycles. The zero-order valence-electron chi connectivity index (χ0n) is 10.5. The fraction of sp³-hybridized carbons (Fsp3) is 0.917. The standard InChI is InChI=1S/C12H25N3O/c1-10(2)8-14-9-12(16)15-5-3-11(7-13)4-6-15/h10-11,14H,3-9,13H2,1-2H3. The van der Waals surface area contributed by atoms with Gasteiger partial charge in [-0.05, 0) is 37.8 Å². The van der Waals surface area contributed by atoms with Gasteiger partial charge in [-0.1, -0.05) is 13.8 Å². The van der Waals surface area contributed by atoms with Crippen molar-refractivity contribution >= 4 is 5.91 Å². The third-order valence-electron chi connectivity index (χ3n) is 3.13. The molecule has 0 aromatic heterocycles. The van der Waals surface area contributed by atoms with Crippen LogP contribution in [0.3, 0.4) is 0 Å². The van der Waals surface area contributed by atoms with Crippen LogP contribution in [-0.4, -0.2) is 43.5 Å². The summed E-state index contributed by atoms with van der Waals surface area (Å²) in [7, 11) is 0. The Labute approximate surface area is 98.6 Å². The summed E-state index contributed by atoms with van der Waals surface area (Å²) in [6, 6.07) is 0. The Morgan fingerprint density at radius 1 is 1.44 bits per heavy atom. The van der Waals surface area contributed by atoms with Crippen LogP contribution >= 0.6 is 0 Å². The van der Waals surface area contributed by atoms with Crippen molar-refractivity contribution < 1.29 is 4.79 Å². The number of nitrogens with one attached hydrogen (secondary N) is 1. The van der Waals surface area contributed by atoms with Crippen LogP contribution in [0.15, 0.2) is 0 Å². The lowest BCUT2D eigenvalue weighted by Gasteiger charge is -2.31. The monoisotopic (exact) mass is 227 g/mol. The molecule has 16 heavy (non-hydrogen) atoms. The van der Waals surface area contributed by atoms with Gasteiger partial charge in [0.2, 0.25) is 5.91 Å². The first-order valence-electron chi connectivity index (χ1n) is 6.32. The van der Waals surface area contributed by atoms with Gasteiger partial charge in [0.25, 0.3) is 0 Å². The van der Waals surface area contributed by atoms with E-state index >= 15 is 0 Å². The van der Waals surface area contributed by atoms with E-state index in [1.807, 2.05) is 4.90 Å². The molecule has 0 saturated carbocycles. The zero-order valence-corrected chi connectivity index (χ0v) is 10.5. The van der Waals surface area contributed by atoms with E-state index in [1.54, 1.807) is 0 Å². The van der Waals surface area contributed by atoms with Crippen LogP contribution in [-0.2, 0) is 4.79 Å². The Morgan fingerprint density at radius 3 is 2.56 bits per heavy atom. The quantitative estimate of drug-likeness (QED) is 0.716. The van der Waals surface area contributed by atoms with Gasteiger partial charge in [0.1, 0.15) is 0 Å². The van der Waals surface area contributed by atoms with E-state index in [4.69, 9.17) is 5.73 Å². The Hall–Kier alpha value is -0.610. The molecule has 0 aliphatic carbocycles. The molecule has 1 rings (SSSR count). The van der Waals surface area contributed by atoms with Crippen molar-refractivity contribution in [3.8, 4) is 0 Å². The third-order valence-corrected chi connectivity index (χ3v) is 3.13. The van der Waals surface area contributed by atoms with Gasteiger partial charge in [-0.15, -0.1) is 0 Å². The van der Waals surface area contributed by atoms with Gasteiger partial charge in [-0.3, -0.25) is 4.79 Å². The van der Waals surface area contributed by atoms with Crippen molar-refractivity contribution in [1.29, 1.82) is 0 Å². The molecule has 0 atom stereocenters. The predicted octanol–water partition coefficient (Wildman–Crippen LogP) is 0.429. The summed E-state index contributed by atoms with van der Waals surface area (Å²) >= 11 is 0. The maximum absolute atomic E-state index is 11.8. The van der Waals surface area contributed by atoms with Crippen LogP contribution in [0.25, 0.3) is 0 Å². The fourth-order valence-corrected chi connectivity index (χ4v) is 2.00. The zero-order chi connectivity index (χ0) is 12.0. The van der Waals surface area contributed by atoms with Crippen LogP contribution < -0.4 is 11.1 Å². The van der Waals surface area contributed by atoms with Crippen LogP contribution in [0.1, 0.15) is 26.7 Å². The molecule has 94 valence electrons. The number of hydrogen-bond acceptors (Lipinski definition) is 3. The highest BCUT2D eigenvalue weighted by atomic mass is 16.2. The number of amides is 1. The van der Waals surface area contributed by atoms with Crippen molar-refractivity contribution in [1.82, 2.24) is 10.2 Å². The van der Waals surface area contributed by atoms with Crippen molar-refractivity contribution in [2.24, 2.45) is 17.6 Å². The molecule has 0 spiro atoms. The molecule has 0 bridgehead atoms. The van der Waals surface area contributed by atoms with Gasteiger partial charge in [-0.2, -0.15) is 0 Å². The number of carbonyl (C=O) groups excluding carboxylic acids is 1. The molecule has 0 unspecified atom stereocenters. The molecule has 0 radical (unpaired) electrons. The minimum absolute atomic E-state index is 0.233. The molecule has 1 fully saturated rings. The van der Waals surface area contributed by atoms with Crippen molar-refractivity contribution in [2.75, 3.05) is 32.7 Å². The van der Waals surface area contributed by atoms with Crippen molar-refractivity contribution in [3.63, 3.8) is 0 Å². The lowest BCUT2D eigenvalue weighted by atomic mass is 9.97. The van der Waals surface area contributed by atoms with Crippen LogP contribution in [0, 0.1) is 11.8 Å². The summed E-state index contributed by atoms with van der Waals surface area (Å²) in [5.41, 5.74) is 5.62. The highest BCUT2D eigenvalue weighted by Crippen LogP contribution is 2.15. The second-order valence-electron chi connectivity index (χ2n) is 5.08. The number of hydrogen-bond donors (Lipinski definition) is 2. The number of carbonyl (C=O) groups is 1. The Morgan fingerprint density at radius 2 is 2.06 bits per heavy atom. The van der Waals surface area contributed by atoms with Crippen LogP contribution in [0.4, 0.5) is 0 Å². The maximum Gasteiger partial charge on any atom is 0.236 e. The fourth-order valence-electron chi connectivity index (χ4n) is 2.00. The van der Waals surface area contributed by atoms with Gasteiger partial charge < -0.3 is 16.0 Å². The number of likely N-dealkylation sites (tertiary alicyclic amines) is 1. The summed E-state index contributed by atoms with van der Waals surface area (Å²) in [4.78, 5) is 13.8. The lowest BCUT2D eigenvalue weighted by molar-refractivity contribution is -0.131. The molecule has 4 heteroatoms. The summed E-state index contributed by atoms with van der Waals surface area (Å²) in [5, 5.41) is 3.19. The SMILES string of the molecule is CC(C)CNCC(=O)N1CCC(CN)CC1. The van der Waals surface area contributed by atoms with Gasteiger partial charge in [-0.25, -0.2) is 0 Å². The molecule has 0 aromatic carbocycles. The molecular weight excluding hydrogens is 202 g/mol. The number of nitrogens with two attached hydrogens (primary N) is 1. The van der Waals surface area contributed by atoms with Crippen LogP contribution in [0.5, 0.6) is 0 Å². The van der Waals surface area contributed by atoms with Crippen molar-refractivity contribution in [3.05, 3.63) is 0 Å². The second-order valence-corrected chi connectivity index (χ2v) is 5.08. The molecule has 1 aliphatic rings. The molecule has 3 N–H and O–H groups in total. The smallest absolute Gasteiger partial charge is 0.236 e. The predicted molar refractivity (Wildman–Crippen MR) is 66.1 cm³/mol. The first-order valence-corrected chi connectivity index (χ1v) is 6.32. The molecule has 1 saturated heterocycles. The van der Waals surface area contributed by atoms with E-state index in [0.717, 1.165) is 39.0 Å². The van der Waals surface area contributed by atoms with Gasteiger partial charge in [0, 0.05) is 13.1 Å². The lowest BCUT2D eigenvalue weighted by Crippen LogP contribution is -2.44. The Balaban J connectivity index is 2.18. The summed E-state index contributed by atoms with van der Waals surface area (Å²) in [5.74, 6) is 1.44. The van der Waals surface area contributed by atoms with E-state index in [2.05, 4.69) is 19.2 Å². The van der Waals surface area contributed by atoms with E-state index in [1.165, 1.54) is 0 Å².